The largest absolute Gasteiger partial charge is 0.315 e. The quantitative estimate of drug-likeness (QED) is 0.676. The highest BCUT2D eigenvalue weighted by atomic mass is 16.1. The Morgan fingerprint density at radius 3 is 2.68 bits per heavy atom. The van der Waals surface area contributed by atoms with Crippen molar-refractivity contribution < 1.29 is 4.79 Å². The number of rotatable bonds is 7. The molecule has 1 fully saturated rings. The van der Waals surface area contributed by atoms with Gasteiger partial charge in [-0.1, -0.05) is 25.5 Å². The van der Waals surface area contributed by atoms with Crippen LogP contribution in [0.2, 0.25) is 0 Å². The summed E-state index contributed by atoms with van der Waals surface area (Å²) >= 11 is 0. The molecule has 0 aliphatic heterocycles. The van der Waals surface area contributed by atoms with Crippen LogP contribution in [0.15, 0.2) is 47.7 Å². The van der Waals surface area contributed by atoms with Crippen LogP contribution in [0, 0.1) is 5.92 Å². The lowest BCUT2D eigenvalue weighted by atomic mass is 10.0. The number of aromatic nitrogens is 3. The summed E-state index contributed by atoms with van der Waals surface area (Å²) < 4.78 is 1.81. The van der Waals surface area contributed by atoms with Gasteiger partial charge in [0.25, 0.3) is 5.56 Å². The van der Waals surface area contributed by atoms with Gasteiger partial charge >= 0.3 is 0 Å². The maximum Gasteiger partial charge on any atom is 0.258 e. The Balaban J connectivity index is 1.57. The number of carbonyl (C=O) groups excluding carboxylic acids is 1. The van der Waals surface area contributed by atoms with E-state index in [9.17, 15) is 9.59 Å². The molecule has 6 nitrogen and oxygen atoms in total. The SMILES string of the molecule is CCCCC(=O)Nc1ncc(-c2ccc3ccn(CC4CC4)c(=O)c3c2)cn1. The second-order valence-electron chi connectivity index (χ2n) is 7.47. The number of amides is 1. The van der Waals surface area contributed by atoms with Crippen LogP contribution in [0.25, 0.3) is 21.9 Å². The van der Waals surface area contributed by atoms with Crippen LogP contribution in [-0.2, 0) is 11.3 Å². The van der Waals surface area contributed by atoms with E-state index in [2.05, 4.69) is 15.3 Å². The molecule has 1 aliphatic rings. The molecule has 0 unspecified atom stereocenters. The minimum Gasteiger partial charge on any atom is -0.315 e. The fourth-order valence-electron chi connectivity index (χ4n) is 3.25. The van der Waals surface area contributed by atoms with Gasteiger partial charge in [-0.2, -0.15) is 0 Å². The predicted molar refractivity (Wildman–Crippen MR) is 110 cm³/mol. The van der Waals surface area contributed by atoms with Crippen molar-refractivity contribution in [3.63, 3.8) is 0 Å². The number of nitrogens with one attached hydrogen (secondary N) is 1. The van der Waals surface area contributed by atoms with Gasteiger partial charge in [-0.05, 0) is 48.3 Å². The Hall–Kier alpha value is -3.02. The molecule has 0 radical (unpaired) electrons. The number of hydrogen-bond donors (Lipinski definition) is 1. The molecular weight excluding hydrogens is 352 g/mol. The molecule has 2 aromatic heterocycles. The Kier molecular flexibility index (Phi) is 5.19. The average molecular weight is 376 g/mol. The fourth-order valence-corrected chi connectivity index (χ4v) is 3.25. The lowest BCUT2D eigenvalue weighted by Gasteiger charge is -2.08. The van der Waals surface area contributed by atoms with Crippen LogP contribution in [0.5, 0.6) is 0 Å². The lowest BCUT2D eigenvalue weighted by Crippen LogP contribution is -2.20. The van der Waals surface area contributed by atoms with Gasteiger partial charge in [-0.3, -0.25) is 14.9 Å². The van der Waals surface area contributed by atoms with Gasteiger partial charge in [0.05, 0.1) is 0 Å². The topological polar surface area (TPSA) is 76.9 Å². The van der Waals surface area contributed by atoms with E-state index in [1.54, 1.807) is 12.4 Å². The Labute approximate surface area is 163 Å². The third-order valence-electron chi connectivity index (χ3n) is 5.12. The van der Waals surface area contributed by atoms with Crippen LogP contribution >= 0.6 is 0 Å². The number of hydrogen-bond acceptors (Lipinski definition) is 4. The van der Waals surface area contributed by atoms with E-state index in [4.69, 9.17) is 0 Å². The number of benzene rings is 1. The van der Waals surface area contributed by atoms with Gasteiger partial charge in [0, 0.05) is 42.5 Å². The molecular formula is C22H24N4O2. The first kappa shape index (κ1) is 18.3. The van der Waals surface area contributed by atoms with Gasteiger partial charge in [0.2, 0.25) is 11.9 Å². The molecule has 144 valence electrons. The van der Waals surface area contributed by atoms with Crippen molar-refractivity contribution >= 4 is 22.6 Å². The molecule has 0 atom stereocenters. The number of pyridine rings is 1. The summed E-state index contributed by atoms with van der Waals surface area (Å²) in [6, 6.07) is 7.81. The van der Waals surface area contributed by atoms with Gasteiger partial charge in [-0.25, -0.2) is 9.97 Å². The number of nitrogens with zero attached hydrogens (tertiary/aromatic N) is 3. The number of unbranched alkanes of at least 4 members (excludes halogenated alkanes) is 1. The van der Waals surface area contributed by atoms with E-state index in [0.717, 1.165) is 35.9 Å². The first-order valence-corrected chi connectivity index (χ1v) is 9.89. The normalized spacial score (nSPS) is 13.6. The first-order chi connectivity index (χ1) is 13.6. The lowest BCUT2D eigenvalue weighted by molar-refractivity contribution is -0.116. The zero-order valence-electron chi connectivity index (χ0n) is 16.0. The summed E-state index contributed by atoms with van der Waals surface area (Å²) in [5.74, 6) is 0.876. The molecule has 0 spiro atoms. The first-order valence-electron chi connectivity index (χ1n) is 9.89. The summed E-state index contributed by atoms with van der Waals surface area (Å²) in [6.45, 7) is 2.84. The summed E-state index contributed by atoms with van der Waals surface area (Å²) in [5, 5.41) is 4.35. The van der Waals surface area contributed by atoms with E-state index in [1.807, 2.05) is 42.0 Å². The number of fused-ring (bicyclic) bond motifs is 1. The zero-order valence-corrected chi connectivity index (χ0v) is 16.0. The van der Waals surface area contributed by atoms with E-state index >= 15 is 0 Å². The molecule has 1 aromatic carbocycles. The Bertz CT molecular complexity index is 1050. The van der Waals surface area contributed by atoms with E-state index < -0.39 is 0 Å². The minimum atomic E-state index is -0.0727. The molecule has 1 N–H and O–H groups in total. The molecule has 0 saturated heterocycles. The van der Waals surface area contributed by atoms with Crippen LogP contribution in [-0.4, -0.2) is 20.4 Å². The average Bonchev–Trinajstić information content (AvgIpc) is 3.53. The van der Waals surface area contributed by atoms with Crippen LogP contribution in [0.3, 0.4) is 0 Å². The standard InChI is InChI=1S/C22H24N4O2/c1-2-3-4-20(27)25-22-23-12-18(13-24-22)17-8-7-16-9-10-26(14-15-5-6-15)21(28)19(16)11-17/h7-13,15H,2-6,14H2,1H3,(H,23,24,25,27). The molecule has 0 bridgehead atoms. The summed E-state index contributed by atoms with van der Waals surface area (Å²) in [7, 11) is 0. The molecule has 2 heterocycles. The van der Waals surface area contributed by atoms with Crippen molar-refractivity contribution in [1.82, 2.24) is 14.5 Å². The van der Waals surface area contributed by atoms with Crippen LogP contribution < -0.4 is 10.9 Å². The van der Waals surface area contributed by atoms with Gasteiger partial charge in [0.1, 0.15) is 0 Å². The molecule has 4 rings (SSSR count). The number of carbonyl (C=O) groups is 1. The second-order valence-corrected chi connectivity index (χ2v) is 7.47. The minimum absolute atomic E-state index is 0.0481. The molecule has 3 aromatic rings. The maximum atomic E-state index is 12.8. The van der Waals surface area contributed by atoms with E-state index in [-0.39, 0.29) is 11.5 Å². The smallest absolute Gasteiger partial charge is 0.258 e. The van der Waals surface area contributed by atoms with Crippen LogP contribution in [0.4, 0.5) is 5.95 Å². The van der Waals surface area contributed by atoms with Crippen molar-refractivity contribution in [2.24, 2.45) is 5.92 Å². The summed E-state index contributed by atoms with van der Waals surface area (Å²) in [5.41, 5.74) is 1.75. The van der Waals surface area contributed by atoms with Crippen molar-refractivity contribution in [3.05, 3.63) is 53.2 Å². The summed E-state index contributed by atoms with van der Waals surface area (Å²) in [6.07, 6.45) is 9.95. The summed E-state index contributed by atoms with van der Waals surface area (Å²) in [4.78, 5) is 33.1. The Morgan fingerprint density at radius 2 is 1.96 bits per heavy atom. The van der Waals surface area contributed by atoms with Crippen molar-refractivity contribution in [2.75, 3.05) is 5.32 Å². The molecule has 6 heteroatoms. The molecule has 1 amide bonds. The fraction of sp³-hybridized carbons (Fsp3) is 0.364. The predicted octanol–water partition coefficient (Wildman–Crippen LogP) is 4.00. The third-order valence-corrected chi connectivity index (χ3v) is 5.12. The second kappa shape index (κ2) is 7.92. The highest BCUT2D eigenvalue weighted by Gasteiger charge is 2.22. The number of anilines is 1. The zero-order chi connectivity index (χ0) is 19.5. The van der Waals surface area contributed by atoms with Crippen molar-refractivity contribution in [1.29, 1.82) is 0 Å². The van der Waals surface area contributed by atoms with Crippen molar-refractivity contribution in [2.45, 2.75) is 45.6 Å². The van der Waals surface area contributed by atoms with E-state index in [1.165, 1.54) is 12.8 Å². The highest BCUT2D eigenvalue weighted by Crippen LogP contribution is 2.30. The highest BCUT2D eigenvalue weighted by molar-refractivity contribution is 5.89. The van der Waals surface area contributed by atoms with Gasteiger partial charge in [0.15, 0.2) is 0 Å². The van der Waals surface area contributed by atoms with Gasteiger partial charge in [-0.15, -0.1) is 0 Å². The molecule has 1 saturated carbocycles. The van der Waals surface area contributed by atoms with Crippen molar-refractivity contribution in [3.8, 4) is 11.1 Å². The third kappa shape index (κ3) is 4.11. The molecule has 1 aliphatic carbocycles. The molecule has 28 heavy (non-hydrogen) atoms. The monoisotopic (exact) mass is 376 g/mol. The van der Waals surface area contributed by atoms with Crippen LogP contribution in [0.1, 0.15) is 39.0 Å². The van der Waals surface area contributed by atoms with E-state index in [0.29, 0.717) is 23.7 Å². The maximum absolute atomic E-state index is 12.8. The van der Waals surface area contributed by atoms with Gasteiger partial charge < -0.3 is 4.57 Å². The Morgan fingerprint density at radius 1 is 1.18 bits per heavy atom.